The van der Waals surface area contributed by atoms with Gasteiger partial charge in [0.25, 0.3) is 5.96 Å². The summed E-state index contributed by atoms with van der Waals surface area (Å²) in [5.41, 5.74) is 7.25. The standard InChI is InChI=1S/C31H54BN5O6/c1-20(2)15-27(32-42-26-19-23-18-25(30(23,3)4)31(26,5)43-32)35-28(39)22(13-10-14-34-29(33)36-37(40)41)17-24(38)16-21-11-8-6-7-9-12-21/h20-23,25-27H,6-19H2,1-5H3,(H,35,39)(H3,33,34,36)/t22-,23-,25-,26-,27+,31+/m1/s1. The third-order valence-corrected chi connectivity index (χ3v) is 10.9. The first-order chi connectivity index (χ1) is 20.3. The van der Waals surface area contributed by atoms with Gasteiger partial charge in [0.1, 0.15) is 5.78 Å². The molecule has 0 unspecified atom stereocenters. The van der Waals surface area contributed by atoms with Gasteiger partial charge in [-0.2, -0.15) is 0 Å². The molecule has 4 N–H and O–H groups in total. The molecule has 6 atom stereocenters. The predicted octanol–water partition coefficient (Wildman–Crippen LogP) is 4.60. The van der Waals surface area contributed by atoms with Crippen molar-refractivity contribution in [2.75, 3.05) is 6.54 Å². The highest BCUT2D eigenvalue weighted by atomic mass is 16.7. The summed E-state index contributed by atoms with van der Waals surface area (Å²) in [6, 6.07) is 0. The third-order valence-electron chi connectivity index (χ3n) is 10.9. The molecule has 11 nitrogen and oxygen atoms in total. The molecule has 0 aromatic carbocycles. The minimum Gasteiger partial charge on any atom is -0.404 e. The Morgan fingerprint density at radius 3 is 2.47 bits per heavy atom. The molecular formula is C31H54BN5O6. The Morgan fingerprint density at radius 2 is 1.84 bits per heavy atom. The van der Waals surface area contributed by atoms with Crippen LogP contribution < -0.4 is 16.5 Å². The number of hydrazine groups is 1. The number of Topliss-reactive ketones (excluding diaryl/α,β-unsaturated/α-hetero) is 1. The van der Waals surface area contributed by atoms with Crippen molar-refractivity contribution < 1.29 is 23.9 Å². The first-order valence-electron chi connectivity index (χ1n) is 16.7. The van der Waals surface area contributed by atoms with Crippen LogP contribution in [0.3, 0.4) is 0 Å². The first kappa shape index (κ1) is 33.7. The molecule has 0 aromatic rings. The zero-order valence-electron chi connectivity index (χ0n) is 26.9. The van der Waals surface area contributed by atoms with Crippen LogP contribution in [0, 0.1) is 45.1 Å². The van der Waals surface area contributed by atoms with E-state index < -0.39 is 18.1 Å². The van der Waals surface area contributed by atoms with Crippen molar-refractivity contribution in [2.45, 2.75) is 136 Å². The lowest BCUT2D eigenvalue weighted by Crippen LogP contribution is -2.65. The summed E-state index contributed by atoms with van der Waals surface area (Å²) < 4.78 is 13.3. The van der Waals surface area contributed by atoms with Gasteiger partial charge < -0.3 is 20.4 Å². The zero-order chi connectivity index (χ0) is 31.4. The Morgan fingerprint density at radius 1 is 1.14 bits per heavy atom. The SMILES string of the molecule is CC(C)C[C@H](NC(=O)[C@H](CCCN=C(N)N[N+](=O)[O-])CC(=O)CC1CCCCCC1)B1O[C@@H]2C[C@H]3C[C@H](C3(C)C)[C@]2(C)O1. The lowest BCUT2D eigenvalue weighted by Gasteiger charge is -2.64. The Bertz CT molecular complexity index is 1030. The molecule has 1 saturated heterocycles. The van der Waals surface area contributed by atoms with E-state index in [-0.39, 0.29) is 53.7 Å². The molecule has 2 bridgehead atoms. The number of rotatable bonds is 14. The monoisotopic (exact) mass is 603 g/mol. The fraction of sp³-hybridized carbons (Fsp3) is 0.903. The van der Waals surface area contributed by atoms with E-state index in [2.05, 4.69) is 44.9 Å². The van der Waals surface area contributed by atoms with Gasteiger partial charge in [-0.1, -0.05) is 71.6 Å². The summed E-state index contributed by atoms with van der Waals surface area (Å²) >= 11 is 0. The van der Waals surface area contributed by atoms with E-state index in [1.54, 1.807) is 0 Å². The number of carbonyl (C=O) groups excluding carboxylic acids is 2. The normalized spacial score (nSPS) is 30.1. The Balaban J connectivity index is 1.42. The minimum absolute atomic E-state index is 0.0221. The second kappa shape index (κ2) is 14.3. The highest BCUT2D eigenvalue weighted by molar-refractivity contribution is 6.47. The number of carbonyl (C=O) groups is 2. The van der Waals surface area contributed by atoms with Gasteiger partial charge in [-0.3, -0.25) is 9.59 Å². The summed E-state index contributed by atoms with van der Waals surface area (Å²) in [6.07, 6.45) is 11.4. The van der Waals surface area contributed by atoms with Gasteiger partial charge in [0, 0.05) is 25.3 Å². The molecule has 0 spiro atoms. The number of hydrogen-bond acceptors (Lipinski definition) is 7. The fourth-order valence-corrected chi connectivity index (χ4v) is 8.36. The maximum Gasteiger partial charge on any atom is 0.481 e. The largest absolute Gasteiger partial charge is 0.481 e. The van der Waals surface area contributed by atoms with Crippen LogP contribution >= 0.6 is 0 Å². The van der Waals surface area contributed by atoms with Gasteiger partial charge in [0.2, 0.25) is 5.91 Å². The highest BCUT2D eigenvalue weighted by Gasteiger charge is 2.68. The van der Waals surface area contributed by atoms with Gasteiger partial charge in [-0.25, -0.2) is 15.1 Å². The van der Waals surface area contributed by atoms with E-state index in [9.17, 15) is 19.7 Å². The minimum atomic E-state index is -0.760. The van der Waals surface area contributed by atoms with Crippen LogP contribution in [0.4, 0.5) is 0 Å². The van der Waals surface area contributed by atoms with Crippen molar-refractivity contribution in [2.24, 2.45) is 45.7 Å². The molecule has 4 saturated carbocycles. The average molecular weight is 604 g/mol. The molecule has 5 rings (SSSR count). The summed E-state index contributed by atoms with van der Waals surface area (Å²) in [7, 11) is -0.531. The molecule has 5 aliphatic rings. The van der Waals surface area contributed by atoms with Crippen LogP contribution in [0.1, 0.15) is 118 Å². The van der Waals surface area contributed by atoms with Crippen molar-refractivity contribution in [3.8, 4) is 0 Å². The van der Waals surface area contributed by atoms with E-state index >= 15 is 0 Å². The van der Waals surface area contributed by atoms with Crippen LogP contribution in [0.15, 0.2) is 4.99 Å². The molecule has 5 fully saturated rings. The van der Waals surface area contributed by atoms with E-state index in [0.29, 0.717) is 49.4 Å². The average Bonchev–Trinajstić information content (AvgIpc) is 3.07. The summed E-state index contributed by atoms with van der Waals surface area (Å²) in [5, 5.41) is 13.1. The van der Waals surface area contributed by atoms with Crippen molar-refractivity contribution in [1.29, 1.82) is 0 Å². The third kappa shape index (κ3) is 8.29. The molecular weight excluding hydrogens is 549 g/mol. The van der Waals surface area contributed by atoms with Gasteiger partial charge >= 0.3 is 7.12 Å². The van der Waals surface area contributed by atoms with Crippen molar-refractivity contribution in [3.63, 3.8) is 0 Å². The number of amides is 1. The van der Waals surface area contributed by atoms with Crippen LogP contribution in [-0.4, -0.2) is 54.0 Å². The van der Waals surface area contributed by atoms with Gasteiger partial charge in [-0.15, -0.1) is 0 Å². The molecule has 43 heavy (non-hydrogen) atoms. The number of nitrogens with zero attached hydrogens (tertiary/aromatic N) is 2. The maximum absolute atomic E-state index is 13.9. The molecule has 242 valence electrons. The number of ketones is 1. The molecule has 0 radical (unpaired) electrons. The quantitative estimate of drug-likeness (QED) is 0.0495. The van der Waals surface area contributed by atoms with Crippen LogP contribution in [0.2, 0.25) is 0 Å². The summed E-state index contributed by atoms with van der Waals surface area (Å²) in [5.74, 6) is 0.583. The van der Waals surface area contributed by atoms with E-state index in [1.165, 1.54) is 12.8 Å². The summed E-state index contributed by atoms with van der Waals surface area (Å²) in [6.45, 7) is 11.3. The summed E-state index contributed by atoms with van der Waals surface area (Å²) in [4.78, 5) is 41.8. The number of nitrogens with one attached hydrogen (secondary N) is 2. The smallest absolute Gasteiger partial charge is 0.404 e. The topological polar surface area (TPSA) is 158 Å². The molecule has 0 aromatic heterocycles. The Labute approximate surface area is 257 Å². The fourth-order valence-electron chi connectivity index (χ4n) is 8.36. The van der Waals surface area contributed by atoms with E-state index in [1.807, 2.05) is 5.43 Å². The van der Waals surface area contributed by atoms with Crippen LogP contribution in [0.25, 0.3) is 0 Å². The van der Waals surface area contributed by atoms with Crippen LogP contribution in [-0.2, 0) is 18.9 Å². The van der Waals surface area contributed by atoms with Gasteiger partial charge in [-0.05, 0) is 68.1 Å². The number of guanidine groups is 1. The van der Waals surface area contributed by atoms with Crippen molar-refractivity contribution in [1.82, 2.24) is 10.7 Å². The van der Waals surface area contributed by atoms with E-state index in [4.69, 9.17) is 15.0 Å². The molecule has 1 aliphatic heterocycles. The number of nitrogens with two attached hydrogens (primary N) is 1. The molecule has 1 heterocycles. The molecule has 12 heteroatoms. The maximum atomic E-state index is 13.9. The first-order valence-corrected chi connectivity index (χ1v) is 16.7. The van der Waals surface area contributed by atoms with Crippen molar-refractivity contribution in [3.05, 3.63) is 10.1 Å². The van der Waals surface area contributed by atoms with Crippen LogP contribution in [0.5, 0.6) is 0 Å². The van der Waals surface area contributed by atoms with Gasteiger partial charge in [0.05, 0.1) is 17.6 Å². The number of nitro groups is 1. The Hall–Kier alpha value is -2.21. The zero-order valence-corrected chi connectivity index (χ0v) is 26.9. The predicted molar refractivity (Wildman–Crippen MR) is 166 cm³/mol. The number of aliphatic imine (C=N–C) groups is 1. The number of hydrogen-bond donors (Lipinski definition) is 3. The molecule has 1 amide bonds. The van der Waals surface area contributed by atoms with Gasteiger partial charge in [0.15, 0.2) is 5.03 Å². The second-order valence-corrected chi connectivity index (χ2v) is 14.9. The molecule has 4 aliphatic carbocycles. The Kier molecular flexibility index (Phi) is 11.2. The highest BCUT2D eigenvalue weighted by Crippen LogP contribution is 2.65. The lowest BCUT2D eigenvalue weighted by atomic mass is 9.43. The van der Waals surface area contributed by atoms with Crippen molar-refractivity contribution >= 4 is 24.8 Å². The second-order valence-electron chi connectivity index (χ2n) is 14.9. The lowest BCUT2D eigenvalue weighted by molar-refractivity contribution is -0.525. The van der Waals surface area contributed by atoms with E-state index in [0.717, 1.165) is 38.5 Å².